The highest BCUT2D eigenvalue weighted by Gasteiger charge is 2.37. The second-order valence-electron chi connectivity index (χ2n) is 8.57. The number of esters is 2. The third-order valence-electron chi connectivity index (χ3n) is 5.91. The van der Waals surface area contributed by atoms with Gasteiger partial charge in [0, 0.05) is 26.5 Å². The molecule has 0 aliphatic carbocycles. The second-order valence-corrected chi connectivity index (χ2v) is 11.2. The molecule has 2 N–H and O–H groups in total. The fourth-order valence-electron chi connectivity index (χ4n) is 3.90. The van der Waals surface area contributed by atoms with E-state index in [9.17, 15) is 28.5 Å². The number of nitrogens with zero attached hydrogens (tertiary/aromatic N) is 1. The average Bonchev–Trinajstić information content (AvgIpc) is 3.13. The molecule has 12 nitrogen and oxygen atoms in total. The maximum atomic E-state index is 13.4. The first kappa shape index (κ1) is 31.1. The summed E-state index contributed by atoms with van der Waals surface area (Å²) in [7, 11) is -2.61. The lowest BCUT2D eigenvalue weighted by Gasteiger charge is -2.28. The Labute approximate surface area is 222 Å². The van der Waals surface area contributed by atoms with Crippen molar-refractivity contribution >= 4 is 37.2 Å². The smallest absolute Gasteiger partial charge is 0.323 e. The minimum atomic E-state index is -3.79. The maximum absolute atomic E-state index is 13.4. The molecule has 0 saturated heterocycles. The molecule has 0 saturated carbocycles. The van der Waals surface area contributed by atoms with Crippen LogP contribution in [0.15, 0.2) is 24.3 Å². The van der Waals surface area contributed by atoms with Crippen LogP contribution < -0.4 is 10.4 Å². The maximum Gasteiger partial charge on any atom is 0.323 e. The molecule has 0 radical (unpaired) electrons. The third kappa shape index (κ3) is 8.21. The van der Waals surface area contributed by atoms with Crippen LogP contribution in [0.1, 0.15) is 73.6 Å². The number of carbonyl (C=O) groups is 5. The Balaban J connectivity index is 1.88. The van der Waals surface area contributed by atoms with Gasteiger partial charge in [0.25, 0.3) is 19.3 Å². The lowest BCUT2D eigenvalue weighted by atomic mass is 10.1. The van der Waals surface area contributed by atoms with Crippen LogP contribution in [0.4, 0.5) is 0 Å². The Morgan fingerprint density at radius 2 is 1.58 bits per heavy atom. The molecule has 13 heteroatoms. The summed E-state index contributed by atoms with van der Waals surface area (Å²) in [5.74, 6) is -3.35. The van der Waals surface area contributed by atoms with E-state index in [0.29, 0.717) is 24.0 Å². The molecular formula is C25H36N3O9P. The van der Waals surface area contributed by atoms with Crippen molar-refractivity contribution in [1.29, 1.82) is 0 Å². The van der Waals surface area contributed by atoms with Crippen LogP contribution in [0.3, 0.4) is 0 Å². The molecule has 0 bridgehead atoms. The zero-order chi connectivity index (χ0) is 28.3. The van der Waals surface area contributed by atoms with Gasteiger partial charge in [-0.05, 0) is 52.2 Å². The highest BCUT2D eigenvalue weighted by molar-refractivity contribution is 7.57. The molecular weight excluding hydrogens is 517 g/mol. The van der Waals surface area contributed by atoms with Crippen LogP contribution in [0, 0.1) is 0 Å². The first-order valence-corrected chi connectivity index (χ1v) is 14.3. The molecule has 0 aromatic heterocycles. The highest BCUT2D eigenvalue weighted by Crippen LogP contribution is 2.46. The summed E-state index contributed by atoms with van der Waals surface area (Å²) in [6.45, 7) is 5.20. The molecule has 0 spiro atoms. The lowest BCUT2D eigenvalue weighted by Crippen LogP contribution is -2.43. The molecule has 1 heterocycles. The van der Waals surface area contributed by atoms with Crippen molar-refractivity contribution in [2.75, 3.05) is 26.9 Å². The van der Waals surface area contributed by atoms with Gasteiger partial charge in [-0.2, -0.15) is 0 Å². The zero-order valence-corrected chi connectivity index (χ0v) is 23.1. The first-order valence-electron chi connectivity index (χ1n) is 12.6. The van der Waals surface area contributed by atoms with E-state index in [1.54, 1.807) is 38.1 Å². The molecule has 1 aliphatic heterocycles. The van der Waals surface area contributed by atoms with Gasteiger partial charge in [0.2, 0.25) is 5.91 Å². The van der Waals surface area contributed by atoms with E-state index in [0.717, 1.165) is 0 Å². The number of ether oxygens (including phenoxy) is 2. The van der Waals surface area contributed by atoms with E-state index in [1.165, 1.54) is 18.9 Å². The van der Waals surface area contributed by atoms with E-state index < -0.39 is 37.2 Å². The molecule has 1 aromatic rings. The fourth-order valence-corrected chi connectivity index (χ4v) is 5.53. The predicted molar refractivity (Wildman–Crippen MR) is 137 cm³/mol. The Hall–Kier alpha value is -3.08. The van der Waals surface area contributed by atoms with Gasteiger partial charge >= 0.3 is 11.9 Å². The number of carbonyl (C=O) groups excluding carboxylic acids is 5. The van der Waals surface area contributed by atoms with E-state index in [-0.39, 0.29) is 50.8 Å². The molecule has 1 aromatic carbocycles. The number of unbranched alkanes of at least 4 members (excludes halogenated alkanes) is 1. The Kier molecular flexibility index (Phi) is 12.1. The van der Waals surface area contributed by atoms with Crippen LogP contribution in [0.2, 0.25) is 0 Å². The number of hydrogen-bond acceptors (Lipinski definition) is 9. The summed E-state index contributed by atoms with van der Waals surface area (Å²) in [4.78, 5) is 62.7. The molecule has 0 unspecified atom stereocenters. The number of rotatable bonds is 16. The van der Waals surface area contributed by atoms with Crippen LogP contribution in [0.25, 0.3) is 0 Å². The normalized spacial score (nSPS) is 15.8. The van der Waals surface area contributed by atoms with Gasteiger partial charge in [0.05, 0.1) is 24.3 Å². The quantitative estimate of drug-likeness (QED) is 0.135. The minimum absolute atomic E-state index is 0.0382. The Bertz CT molecular complexity index is 1040. The van der Waals surface area contributed by atoms with Crippen molar-refractivity contribution in [3.8, 4) is 0 Å². The Morgan fingerprint density at radius 3 is 2.13 bits per heavy atom. The van der Waals surface area contributed by atoms with Crippen molar-refractivity contribution < 1.29 is 42.5 Å². The van der Waals surface area contributed by atoms with E-state index in [1.807, 2.05) is 0 Å². The number of nitrogens with one attached hydrogen (secondary N) is 2. The standard InChI is InChI=1S/C25H36N3O9P/c1-5-36-22(30)15-14-20(25(33)37-6-2)27-38(34,35-4)17(3)26-21(29)13-9-10-16-28-23(31)18-11-7-8-12-19(18)24(28)32/h7-8,11-12,17,20H,5-6,9-10,13-16H2,1-4H3,(H,26,29)(H,27,34)/t17-,20+,38+/m1/s1. The Morgan fingerprint density at radius 1 is 0.974 bits per heavy atom. The van der Waals surface area contributed by atoms with Crippen LogP contribution >= 0.6 is 7.52 Å². The van der Waals surface area contributed by atoms with Crippen molar-refractivity contribution in [3.63, 3.8) is 0 Å². The van der Waals surface area contributed by atoms with Crippen molar-refractivity contribution in [3.05, 3.63) is 35.4 Å². The number of hydrogen-bond donors (Lipinski definition) is 2. The average molecular weight is 554 g/mol. The fraction of sp³-hybridized carbons (Fsp3) is 0.560. The number of benzene rings is 1. The summed E-state index contributed by atoms with van der Waals surface area (Å²) >= 11 is 0. The molecule has 1 aliphatic rings. The highest BCUT2D eigenvalue weighted by atomic mass is 31.2. The summed E-state index contributed by atoms with van der Waals surface area (Å²) in [6.07, 6.45) is 0.695. The first-order chi connectivity index (χ1) is 18.1. The second kappa shape index (κ2) is 14.8. The van der Waals surface area contributed by atoms with Crippen LogP contribution in [0.5, 0.6) is 0 Å². The van der Waals surface area contributed by atoms with Crippen molar-refractivity contribution in [2.24, 2.45) is 0 Å². The van der Waals surface area contributed by atoms with E-state index >= 15 is 0 Å². The van der Waals surface area contributed by atoms with Crippen LogP contribution in [-0.4, -0.2) is 73.3 Å². The topological polar surface area (TPSA) is 157 Å². The van der Waals surface area contributed by atoms with Crippen LogP contribution in [-0.2, 0) is 32.9 Å². The molecule has 210 valence electrons. The van der Waals surface area contributed by atoms with E-state index in [4.69, 9.17) is 14.0 Å². The van der Waals surface area contributed by atoms with Crippen molar-refractivity contribution in [2.45, 2.75) is 64.7 Å². The number of imide groups is 1. The molecule has 0 fully saturated rings. The van der Waals surface area contributed by atoms with Gasteiger partial charge in [0.15, 0.2) is 0 Å². The molecule has 3 amide bonds. The SMILES string of the molecule is CCOC(=O)CC[C@H](N[P@@](=O)(OC)[C@H](C)NC(=O)CCCCN1C(=O)c2ccccc2C1=O)C(=O)OCC. The molecule has 2 rings (SSSR count). The number of amides is 3. The monoisotopic (exact) mass is 553 g/mol. The zero-order valence-electron chi connectivity index (χ0n) is 22.2. The number of fused-ring (bicyclic) bond motifs is 1. The van der Waals surface area contributed by atoms with Gasteiger partial charge in [-0.3, -0.25) is 33.4 Å². The summed E-state index contributed by atoms with van der Waals surface area (Å²) in [6, 6.07) is 5.49. The summed E-state index contributed by atoms with van der Waals surface area (Å²) < 4.78 is 28.5. The minimum Gasteiger partial charge on any atom is -0.466 e. The van der Waals surface area contributed by atoms with Gasteiger partial charge in [-0.15, -0.1) is 0 Å². The summed E-state index contributed by atoms with van der Waals surface area (Å²) in [5, 5.41) is 5.26. The van der Waals surface area contributed by atoms with Gasteiger partial charge in [-0.1, -0.05) is 12.1 Å². The lowest BCUT2D eigenvalue weighted by molar-refractivity contribution is -0.146. The van der Waals surface area contributed by atoms with E-state index in [2.05, 4.69) is 10.4 Å². The molecule has 3 atom stereocenters. The van der Waals surface area contributed by atoms with Gasteiger partial charge in [0.1, 0.15) is 11.8 Å². The van der Waals surface area contributed by atoms with Gasteiger partial charge < -0.3 is 19.3 Å². The van der Waals surface area contributed by atoms with Gasteiger partial charge in [-0.25, -0.2) is 5.09 Å². The third-order valence-corrected chi connectivity index (χ3v) is 8.28. The van der Waals surface area contributed by atoms with Crippen molar-refractivity contribution in [1.82, 2.24) is 15.3 Å². The predicted octanol–water partition coefficient (Wildman–Crippen LogP) is 2.62. The summed E-state index contributed by atoms with van der Waals surface area (Å²) in [5.41, 5.74) is 0.741. The molecule has 38 heavy (non-hydrogen) atoms. The largest absolute Gasteiger partial charge is 0.466 e.